The monoisotopic (exact) mass is 467 g/mol. The van der Waals surface area contributed by atoms with Crippen molar-refractivity contribution in [2.24, 2.45) is 0 Å². The van der Waals surface area contributed by atoms with Gasteiger partial charge in [0.05, 0.1) is 5.02 Å². The van der Waals surface area contributed by atoms with E-state index in [1.54, 1.807) is 39.9 Å². The number of hydrogen-bond acceptors (Lipinski definition) is 3. The Balaban J connectivity index is 1.70. The molecule has 0 aliphatic rings. The number of sulfonamides is 1. The second-order valence-corrected chi connectivity index (χ2v) is 10.5. The Morgan fingerprint density at radius 1 is 0.862 bits per heavy atom. The molecular formula is C22H23Cl2NO2S2. The van der Waals surface area contributed by atoms with Crippen LogP contribution in [-0.4, -0.2) is 25.8 Å². The van der Waals surface area contributed by atoms with Gasteiger partial charge in [-0.3, -0.25) is 0 Å². The molecule has 3 nitrogen and oxygen atoms in total. The summed E-state index contributed by atoms with van der Waals surface area (Å²) in [5.74, 6) is 0. The number of hydrogen-bond donors (Lipinski definition) is 0. The maximum atomic E-state index is 13.3. The molecule has 0 saturated carbocycles. The van der Waals surface area contributed by atoms with E-state index in [9.17, 15) is 8.42 Å². The van der Waals surface area contributed by atoms with Crippen molar-refractivity contribution in [2.45, 2.75) is 30.6 Å². The molecule has 0 spiro atoms. The molecule has 0 radical (unpaired) electrons. The van der Waals surface area contributed by atoms with Crippen molar-refractivity contribution in [1.82, 2.24) is 4.31 Å². The molecule has 1 heterocycles. The normalized spacial score (nSPS) is 11.8. The first-order valence-electron chi connectivity index (χ1n) is 9.48. The van der Waals surface area contributed by atoms with Crippen LogP contribution < -0.4 is 0 Å². The van der Waals surface area contributed by atoms with E-state index >= 15 is 0 Å². The summed E-state index contributed by atoms with van der Waals surface area (Å²) in [5.41, 5.74) is 1.10. The molecule has 0 aliphatic heterocycles. The number of rotatable bonds is 10. The van der Waals surface area contributed by atoms with E-state index in [4.69, 9.17) is 23.2 Å². The summed E-state index contributed by atoms with van der Waals surface area (Å²) < 4.78 is 28.1. The first kappa shape index (κ1) is 22.3. The Morgan fingerprint density at radius 3 is 2.31 bits per heavy atom. The summed E-state index contributed by atoms with van der Waals surface area (Å²) in [6.07, 6.45) is 3.10. The van der Waals surface area contributed by atoms with Gasteiger partial charge in [0.15, 0.2) is 0 Å². The average molecular weight is 468 g/mol. The molecule has 0 saturated heterocycles. The number of halogens is 2. The molecule has 7 heteroatoms. The minimum atomic E-state index is -3.66. The highest BCUT2D eigenvalue weighted by atomic mass is 35.5. The SMILES string of the molecule is O=S(=O)(c1ccccc1Cl)N(CCCc1cccc(Cl)c1)CCCc1cccs1. The maximum absolute atomic E-state index is 13.3. The third kappa shape index (κ3) is 6.30. The zero-order valence-electron chi connectivity index (χ0n) is 15.9. The lowest BCUT2D eigenvalue weighted by atomic mass is 10.1. The summed E-state index contributed by atoms with van der Waals surface area (Å²) in [6, 6.07) is 18.4. The highest BCUT2D eigenvalue weighted by Gasteiger charge is 2.26. The van der Waals surface area contributed by atoms with Gasteiger partial charge in [-0.25, -0.2) is 8.42 Å². The zero-order valence-corrected chi connectivity index (χ0v) is 19.1. The van der Waals surface area contributed by atoms with Gasteiger partial charge in [-0.2, -0.15) is 4.31 Å². The first-order valence-corrected chi connectivity index (χ1v) is 12.6. The van der Waals surface area contributed by atoms with Gasteiger partial charge in [0, 0.05) is 23.0 Å². The van der Waals surface area contributed by atoms with Crippen LogP contribution in [0.1, 0.15) is 23.3 Å². The Kier molecular flexibility index (Phi) is 8.16. The van der Waals surface area contributed by atoms with Crippen molar-refractivity contribution >= 4 is 44.6 Å². The second-order valence-electron chi connectivity index (χ2n) is 6.75. The van der Waals surface area contributed by atoms with Gasteiger partial charge in [0.2, 0.25) is 10.0 Å². The smallest absolute Gasteiger partial charge is 0.207 e. The quantitative estimate of drug-likeness (QED) is 0.350. The van der Waals surface area contributed by atoms with Crippen molar-refractivity contribution in [3.8, 4) is 0 Å². The maximum Gasteiger partial charge on any atom is 0.244 e. The molecule has 0 unspecified atom stereocenters. The number of aryl methyl sites for hydroxylation is 2. The zero-order chi connectivity index (χ0) is 20.7. The van der Waals surface area contributed by atoms with Crippen LogP contribution in [0, 0.1) is 0 Å². The van der Waals surface area contributed by atoms with Gasteiger partial charge in [-0.1, -0.05) is 53.5 Å². The molecule has 0 bridgehead atoms. The van der Waals surface area contributed by atoms with Gasteiger partial charge in [-0.05, 0) is 67.0 Å². The standard InChI is InChI=1S/C22H23Cl2NO2S2/c23-19-9-3-7-18(17-19)8-4-14-25(15-5-10-20-11-6-16-28-20)29(26,27)22-13-2-1-12-21(22)24/h1-3,6-7,9,11-13,16-17H,4-5,8,10,14-15H2. The van der Waals surface area contributed by atoms with Crippen LogP contribution in [0.2, 0.25) is 10.0 Å². The van der Waals surface area contributed by atoms with Crippen LogP contribution in [0.5, 0.6) is 0 Å². The molecule has 3 rings (SSSR count). The fourth-order valence-corrected chi connectivity index (χ4v) is 6.16. The molecule has 1 aromatic heterocycles. The lowest BCUT2D eigenvalue weighted by Gasteiger charge is -2.23. The van der Waals surface area contributed by atoms with E-state index in [0.29, 0.717) is 24.5 Å². The summed E-state index contributed by atoms with van der Waals surface area (Å²) >= 11 is 13.9. The van der Waals surface area contributed by atoms with Crippen LogP contribution in [-0.2, 0) is 22.9 Å². The van der Waals surface area contributed by atoms with E-state index in [2.05, 4.69) is 6.07 Å². The topological polar surface area (TPSA) is 37.4 Å². The van der Waals surface area contributed by atoms with Crippen LogP contribution >= 0.6 is 34.5 Å². The third-order valence-corrected chi connectivity index (χ3v) is 8.20. The van der Waals surface area contributed by atoms with Gasteiger partial charge in [0.1, 0.15) is 4.90 Å². The van der Waals surface area contributed by atoms with Crippen molar-refractivity contribution in [2.75, 3.05) is 13.1 Å². The molecule has 0 fully saturated rings. The average Bonchev–Trinajstić information content (AvgIpc) is 3.20. The van der Waals surface area contributed by atoms with E-state index in [1.807, 2.05) is 35.7 Å². The second kappa shape index (κ2) is 10.6. The minimum Gasteiger partial charge on any atom is -0.207 e. The molecule has 0 amide bonds. The van der Waals surface area contributed by atoms with Crippen LogP contribution in [0.25, 0.3) is 0 Å². The molecule has 2 aromatic carbocycles. The predicted molar refractivity (Wildman–Crippen MR) is 123 cm³/mol. The summed E-state index contributed by atoms with van der Waals surface area (Å²) in [4.78, 5) is 1.43. The molecule has 0 N–H and O–H groups in total. The molecule has 0 atom stereocenters. The third-order valence-electron chi connectivity index (χ3n) is 4.63. The highest BCUT2D eigenvalue weighted by molar-refractivity contribution is 7.89. The fourth-order valence-electron chi connectivity index (χ4n) is 3.18. The Hall–Kier alpha value is -1.37. The van der Waals surface area contributed by atoms with Gasteiger partial charge < -0.3 is 0 Å². The van der Waals surface area contributed by atoms with E-state index < -0.39 is 10.0 Å². The van der Waals surface area contributed by atoms with E-state index in [-0.39, 0.29) is 9.92 Å². The van der Waals surface area contributed by atoms with Crippen molar-refractivity contribution in [3.05, 3.63) is 86.5 Å². The van der Waals surface area contributed by atoms with Gasteiger partial charge in [-0.15, -0.1) is 11.3 Å². The largest absolute Gasteiger partial charge is 0.244 e. The Bertz CT molecular complexity index is 1020. The number of thiophene rings is 1. The number of benzene rings is 2. The van der Waals surface area contributed by atoms with Crippen molar-refractivity contribution in [1.29, 1.82) is 0 Å². The minimum absolute atomic E-state index is 0.167. The van der Waals surface area contributed by atoms with Gasteiger partial charge >= 0.3 is 0 Å². The molecule has 3 aromatic rings. The van der Waals surface area contributed by atoms with Crippen molar-refractivity contribution in [3.63, 3.8) is 0 Å². The van der Waals surface area contributed by atoms with Crippen LogP contribution in [0.15, 0.2) is 70.9 Å². The highest BCUT2D eigenvalue weighted by Crippen LogP contribution is 2.25. The summed E-state index contributed by atoms with van der Waals surface area (Å²) in [6.45, 7) is 0.894. The van der Waals surface area contributed by atoms with Crippen LogP contribution in [0.3, 0.4) is 0 Å². The van der Waals surface area contributed by atoms with E-state index in [1.165, 1.54) is 4.88 Å². The van der Waals surface area contributed by atoms with E-state index in [0.717, 1.165) is 24.8 Å². The fraction of sp³-hybridized carbons (Fsp3) is 0.273. The lowest BCUT2D eigenvalue weighted by Crippen LogP contribution is -2.33. The predicted octanol–water partition coefficient (Wildman–Crippen LogP) is 6.31. The molecule has 154 valence electrons. The first-order chi connectivity index (χ1) is 14.0. The van der Waals surface area contributed by atoms with Crippen LogP contribution in [0.4, 0.5) is 0 Å². The molecular weight excluding hydrogens is 445 g/mol. The van der Waals surface area contributed by atoms with Gasteiger partial charge in [0.25, 0.3) is 0 Å². The Morgan fingerprint density at radius 2 is 1.62 bits per heavy atom. The number of nitrogens with zero attached hydrogens (tertiary/aromatic N) is 1. The summed E-state index contributed by atoms with van der Waals surface area (Å²) in [7, 11) is -3.66. The molecule has 0 aliphatic carbocycles. The molecule has 29 heavy (non-hydrogen) atoms. The summed E-state index contributed by atoms with van der Waals surface area (Å²) in [5, 5.41) is 2.99. The van der Waals surface area contributed by atoms with Crippen molar-refractivity contribution < 1.29 is 8.42 Å². The lowest BCUT2D eigenvalue weighted by molar-refractivity contribution is 0.399. The Labute approximate surface area is 187 Å².